The van der Waals surface area contributed by atoms with E-state index in [2.05, 4.69) is 0 Å². The number of amides is 1. The monoisotopic (exact) mass is 297 g/mol. The lowest BCUT2D eigenvalue weighted by molar-refractivity contribution is -0.151. The fraction of sp³-hybridized carbons (Fsp3) is 0.875. The molecule has 0 bridgehead atoms. The maximum atomic E-state index is 12.6. The molecule has 0 spiro atoms. The first-order valence-corrected chi connectivity index (χ1v) is 8.23. The maximum absolute atomic E-state index is 12.6. The SMILES string of the molecule is CCC(OC1CCCCC1)C(=O)N1CCC(C(=O)O)C1C. The van der Waals surface area contributed by atoms with E-state index >= 15 is 0 Å². The highest BCUT2D eigenvalue weighted by Gasteiger charge is 2.40. The van der Waals surface area contributed by atoms with Crippen LogP contribution in [0.15, 0.2) is 0 Å². The van der Waals surface area contributed by atoms with Crippen molar-refractivity contribution in [3.63, 3.8) is 0 Å². The summed E-state index contributed by atoms with van der Waals surface area (Å²) in [5.74, 6) is -1.28. The van der Waals surface area contributed by atoms with Crippen molar-refractivity contribution in [2.24, 2.45) is 5.92 Å². The van der Waals surface area contributed by atoms with Crippen LogP contribution in [0.1, 0.15) is 58.8 Å². The van der Waals surface area contributed by atoms with Gasteiger partial charge in [0.1, 0.15) is 6.10 Å². The zero-order valence-corrected chi connectivity index (χ0v) is 13.1. The molecule has 2 rings (SSSR count). The van der Waals surface area contributed by atoms with Gasteiger partial charge in [-0.3, -0.25) is 9.59 Å². The van der Waals surface area contributed by atoms with Crippen LogP contribution in [0, 0.1) is 5.92 Å². The Morgan fingerprint density at radius 1 is 1.24 bits per heavy atom. The van der Waals surface area contributed by atoms with Gasteiger partial charge >= 0.3 is 5.97 Å². The number of carbonyl (C=O) groups excluding carboxylic acids is 1. The van der Waals surface area contributed by atoms with E-state index in [1.807, 2.05) is 13.8 Å². The van der Waals surface area contributed by atoms with Crippen LogP contribution in [-0.2, 0) is 14.3 Å². The number of nitrogens with zero attached hydrogens (tertiary/aromatic N) is 1. The molecular weight excluding hydrogens is 270 g/mol. The van der Waals surface area contributed by atoms with Crippen LogP contribution in [0.3, 0.4) is 0 Å². The average Bonchev–Trinajstić information content (AvgIpc) is 2.87. The van der Waals surface area contributed by atoms with Gasteiger partial charge < -0.3 is 14.7 Å². The van der Waals surface area contributed by atoms with E-state index in [0.29, 0.717) is 19.4 Å². The molecule has 0 aromatic heterocycles. The lowest BCUT2D eigenvalue weighted by atomic mass is 9.97. The molecule has 5 nitrogen and oxygen atoms in total. The molecule has 2 aliphatic rings. The van der Waals surface area contributed by atoms with Crippen LogP contribution < -0.4 is 0 Å². The average molecular weight is 297 g/mol. The highest BCUT2D eigenvalue weighted by atomic mass is 16.5. The van der Waals surface area contributed by atoms with E-state index in [-0.39, 0.29) is 18.1 Å². The number of carboxylic acid groups (broad SMARTS) is 1. The Bertz CT molecular complexity index is 378. The Morgan fingerprint density at radius 2 is 1.90 bits per heavy atom. The van der Waals surface area contributed by atoms with E-state index in [4.69, 9.17) is 4.74 Å². The lowest BCUT2D eigenvalue weighted by Gasteiger charge is -2.31. The van der Waals surface area contributed by atoms with Crippen LogP contribution in [0.25, 0.3) is 0 Å². The Morgan fingerprint density at radius 3 is 2.43 bits per heavy atom. The molecule has 0 aromatic carbocycles. The quantitative estimate of drug-likeness (QED) is 0.846. The van der Waals surface area contributed by atoms with Crippen LogP contribution in [0.4, 0.5) is 0 Å². The number of ether oxygens (including phenoxy) is 1. The van der Waals surface area contributed by atoms with E-state index in [0.717, 1.165) is 12.8 Å². The molecule has 1 aliphatic heterocycles. The number of carboxylic acids is 1. The lowest BCUT2D eigenvalue weighted by Crippen LogP contribution is -2.45. The van der Waals surface area contributed by atoms with E-state index < -0.39 is 18.0 Å². The summed E-state index contributed by atoms with van der Waals surface area (Å²) in [6.45, 7) is 4.32. The van der Waals surface area contributed by atoms with Crippen molar-refractivity contribution in [1.29, 1.82) is 0 Å². The molecule has 1 heterocycles. The second-order valence-electron chi connectivity index (χ2n) is 6.30. The van der Waals surface area contributed by atoms with Gasteiger partial charge in [0.25, 0.3) is 5.91 Å². The zero-order valence-electron chi connectivity index (χ0n) is 13.1. The molecule has 0 radical (unpaired) electrons. The molecule has 1 amide bonds. The molecule has 3 atom stereocenters. The van der Waals surface area contributed by atoms with Crippen LogP contribution in [0.5, 0.6) is 0 Å². The molecule has 1 saturated carbocycles. The highest BCUT2D eigenvalue weighted by molar-refractivity contribution is 5.83. The van der Waals surface area contributed by atoms with Gasteiger partial charge in [0.2, 0.25) is 0 Å². The van der Waals surface area contributed by atoms with Gasteiger partial charge in [-0.1, -0.05) is 26.2 Å². The number of aliphatic carboxylic acids is 1. The van der Waals surface area contributed by atoms with E-state index in [9.17, 15) is 14.7 Å². The minimum Gasteiger partial charge on any atom is -0.481 e. The standard InChI is InChI=1S/C16H27NO4/c1-3-14(21-12-7-5-4-6-8-12)15(18)17-10-9-13(11(17)2)16(19)20/h11-14H,3-10H2,1-2H3,(H,19,20). The van der Waals surface area contributed by atoms with Gasteiger partial charge in [-0.25, -0.2) is 0 Å². The first-order valence-electron chi connectivity index (χ1n) is 8.23. The van der Waals surface area contributed by atoms with Gasteiger partial charge in [-0.2, -0.15) is 0 Å². The van der Waals surface area contributed by atoms with Gasteiger partial charge in [0, 0.05) is 12.6 Å². The van der Waals surface area contributed by atoms with Crippen LogP contribution in [0.2, 0.25) is 0 Å². The summed E-state index contributed by atoms with van der Waals surface area (Å²) in [5, 5.41) is 9.17. The van der Waals surface area contributed by atoms with Crippen LogP contribution in [-0.4, -0.2) is 46.7 Å². The summed E-state index contributed by atoms with van der Waals surface area (Å²) in [4.78, 5) is 25.5. The molecule has 5 heteroatoms. The normalized spacial score (nSPS) is 28.6. The highest BCUT2D eigenvalue weighted by Crippen LogP contribution is 2.27. The number of likely N-dealkylation sites (tertiary alicyclic amines) is 1. The fourth-order valence-corrected chi connectivity index (χ4v) is 3.53. The molecule has 1 saturated heterocycles. The Balaban J connectivity index is 1.94. The van der Waals surface area contributed by atoms with Crippen molar-refractivity contribution < 1.29 is 19.4 Å². The third-order valence-corrected chi connectivity index (χ3v) is 4.91. The first kappa shape index (κ1) is 16.3. The topological polar surface area (TPSA) is 66.8 Å². The molecule has 21 heavy (non-hydrogen) atoms. The molecule has 0 aromatic rings. The molecule has 1 N–H and O–H groups in total. The van der Waals surface area contributed by atoms with Crippen LogP contribution >= 0.6 is 0 Å². The molecular formula is C16H27NO4. The largest absolute Gasteiger partial charge is 0.481 e. The summed E-state index contributed by atoms with van der Waals surface area (Å²) in [7, 11) is 0. The minimum absolute atomic E-state index is 0.0284. The molecule has 1 aliphatic carbocycles. The first-order chi connectivity index (χ1) is 10.0. The summed E-state index contributed by atoms with van der Waals surface area (Å²) in [6, 6.07) is -0.237. The summed E-state index contributed by atoms with van der Waals surface area (Å²) in [6.07, 6.45) is 6.66. The smallest absolute Gasteiger partial charge is 0.308 e. The molecule has 2 fully saturated rings. The number of carbonyl (C=O) groups is 2. The number of rotatable bonds is 5. The third kappa shape index (κ3) is 3.76. The molecule has 3 unspecified atom stereocenters. The van der Waals surface area contributed by atoms with Crippen molar-refractivity contribution in [2.45, 2.75) is 77.0 Å². The second kappa shape index (κ2) is 7.25. The maximum Gasteiger partial charge on any atom is 0.308 e. The second-order valence-corrected chi connectivity index (χ2v) is 6.30. The van der Waals surface area contributed by atoms with Crippen molar-refractivity contribution in [3.05, 3.63) is 0 Å². The number of hydrogen-bond acceptors (Lipinski definition) is 3. The Kier molecular flexibility index (Phi) is 5.62. The summed E-state index contributed by atoms with van der Waals surface area (Å²) in [5.41, 5.74) is 0. The van der Waals surface area contributed by atoms with E-state index in [1.165, 1.54) is 19.3 Å². The van der Waals surface area contributed by atoms with Crippen molar-refractivity contribution >= 4 is 11.9 Å². The van der Waals surface area contributed by atoms with Crippen molar-refractivity contribution in [2.75, 3.05) is 6.54 Å². The van der Waals surface area contributed by atoms with Crippen molar-refractivity contribution in [1.82, 2.24) is 4.90 Å². The summed E-state index contributed by atoms with van der Waals surface area (Å²) >= 11 is 0. The molecule has 120 valence electrons. The Hall–Kier alpha value is -1.10. The predicted octanol–water partition coefficient (Wildman–Crippen LogP) is 2.44. The number of hydrogen-bond donors (Lipinski definition) is 1. The van der Waals surface area contributed by atoms with E-state index in [1.54, 1.807) is 4.90 Å². The van der Waals surface area contributed by atoms with Gasteiger partial charge in [-0.15, -0.1) is 0 Å². The van der Waals surface area contributed by atoms with Gasteiger partial charge in [0.15, 0.2) is 0 Å². The van der Waals surface area contributed by atoms with Gasteiger partial charge in [-0.05, 0) is 32.6 Å². The van der Waals surface area contributed by atoms with Crippen molar-refractivity contribution in [3.8, 4) is 0 Å². The predicted molar refractivity (Wildman–Crippen MR) is 79.0 cm³/mol. The third-order valence-electron chi connectivity index (χ3n) is 4.91. The zero-order chi connectivity index (χ0) is 15.4. The minimum atomic E-state index is -0.806. The fourth-order valence-electron chi connectivity index (χ4n) is 3.53. The Labute approximate surface area is 126 Å². The van der Waals surface area contributed by atoms with Gasteiger partial charge in [0.05, 0.1) is 12.0 Å². The summed E-state index contributed by atoms with van der Waals surface area (Å²) < 4.78 is 6.02.